The van der Waals surface area contributed by atoms with Crippen molar-refractivity contribution >= 4 is 29.7 Å². The van der Waals surface area contributed by atoms with Crippen molar-refractivity contribution in [2.75, 3.05) is 19.1 Å². The number of nitrogens with one attached hydrogen (secondary N) is 1. The normalized spacial score (nSPS) is 35.1. The van der Waals surface area contributed by atoms with Crippen molar-refractivity contribution < 1.29 is 38.4 Å². The molecular formula is C33H44N2O8. The zero-order valence-electron chi connectivity index (χ0n) is 26.1. The number of esters is 1. The van der Waals surface area contributed by atoms with Crippen LogP contribution in [0.25, 0.3) is 6.08 Å². The van der Waals surface area contributed by atoms with Crippen molar-refractivity contribution in [2.45, 2.75) is 89.6 Å². The first-order valence-electron chi connectivity index (χ1n) is 14.7. The minimum absolute atomic E-state index is 0.0235. The molecule has 4 bridgehead atoms. The molecule has 3 heterocycles. The second-order valence-corrected chi connectivity index (χ2v) is 12.3. The van der Waals surface area contributed by atoms with Crippen LogP contribution >= 0.6 is 0 Å². The Morgan fingerprint density at radius 2 is 2.02 bits per heavy atom. The summed E-state index contributed by atoms with van der Waals surface area (Å²) in [5.74, 6) is -1.53. The van der Waals surface area contributed by atoms with E-state index in [2.05, 4.69) is 11.9 Å². The topological polar surface area (TPSA) is 127 Å². The van der Waals surface area contributed by atoms with Crippen molar-refractivity contribution in [1.82, 2.24) is 5.32 Å². The van der Waals surface area contributed by atoms with Crippen molar-refractivity contribution in [3.63, 3.8) is 0 Å². The highest BCUT2D eigenvalue weighted by Crippen LogP contribution is 2.49. The first-order valence-corrected chi connectivity index (χ1v) is 14.7. The highest BCUT2D eigenvalue weighted by Gasteiger charge is 2.64. The number of epoxide rings is 1. The Bertz CT molecular complexity index is 1320. The minimum Gasteiger partial charge on any atom is -0.458 e. The number of hydrogen-bond acceptors (Lipinski definition) is 8. The largest absolute Gasteiger partial charge is 0.458 e. The lowest BCUT2D eigenvalue weighted by Gasteiger charge is -2.42. The highest BCUT2D eigenvalue weighted by atomic mass is 16.7. The Kier molecular flexibility index (Phi) is 9.54. The van der Waals surface area contributed by atoms with Crippen molar-refractivity contribution in [3.8, 4) is 0 Å². The van der Waals surface area contributed by atoms with E-state index in [1.54, 1.807) is 50.9 Å². The molecule has 234 valence electrons. The predicted molar refractivity (Wildman–Crippen MR) is 162 cm³/mol. The Morgan fingerprint density at radius 3 is 2.67 bits per heavy atom. The molecule has 0 spiro atoms. The van der Waals surface area contributed by atoms with Crippen molar-refractivity contribution in [2.24, 2.45) is 11.8 Å². The summed E-state index contributed by atoms with van der Waals surface area (Å²) in [4.78, 5) is 40.8. The van der Waals surface area contributed by atoms with Crippen LogP contribution < -0.4 is 10.2 Å². The molecule has 43 heavy (non-hydrogen) atoms. The van der Waals surface area contributed by atoms with E-state index in [1.807, 2.05) is 38.1 Å². The average Bonchev–Trinajstić information content (AvgIpc) is 3.65. The quantitative estimate of drug-likeness (QED) is 0.389. The van der Waals surface area contributed by atoms with Crippen LogP contribution in [0, 0.1) is 11.8 Å². The molecule has 1 aromatic rings. The fourth-order valence-electron chi connectivity index (χ4n) is 5.91. The van der Waals surface area contributed by atoms with E-state index < -0.39 is 59.6 Å². The lowest BCUT2D eigenvalue weighted by atomic mass is 9.83. The van der Waals surface area contributed by atoms with Gasteiger partial charge in [0.1, 0.15) is 23.9 Å². The number of methoxy groups -OCH3 is 1. The molecule has 2 N–H and O–H groups in total. The summed E-state index contributed by atoms with van der Waals surface area (Å²) >= 11 is 0. The van der Waals surface area contributed by atoms with E-state index in [0.29, 0.717) is 12.1 Å². The molecule has 0 radical (unpaired) electrons. The third kappa shape index (κ3) is 6.87. The number of allylic oxidation sites excluding steroid dienone is 3. The molecule has 4 rings (SSSR count). The summed E-state index contributed by atoms with van der Waals surface area (Å²) < 4.78 is 23.3. The van der Waals surface area contributed by atoms with Crippen LogP contribution in [0.2, 0.25) is 0 Å². The Morgan fingerprint density at radius 1 is 1.30 bits per heavy atom. The summed E-state index contributed by atoms with van der Waals surface area (Å²) in [5.41, 5.74) is 0.719. The number of aliphatic hydroxyl groups is 1. The number of nitrogens with zero attached hydrogens (tertiary/aromatic N) is 1. The van der Waals surface area contributed by atoms with Gasteiger partial charge in [-0.3, -0.25) is 14.9 Å². The number of carbonyl (C=O) groups excluding carboxylic acids is 3. The number of anilines is 1. The Balaban J connectivity index is 1.78. The molecule has 0 aromatic heterocycles. The van der Waals surface area contributed by atoms with Gasteiger partial charge in [0.25, 0.3) is 0 Å². The van der Waals surface area contributed by atoms with Crippen LogP contribution in [0.4, 0.5) is 10.5 Å². The van der Waals surface area contributed by atoms with Gasteiger partial charge in [-0.05, 0) is 37.5 Å². The van der Waals surface area contributed by atoms with Gasteiger partial charge in [0.2, 0.25) is 5.91 Å². The molecule has 10 heteroatoms. The zero-order chi connectivity index (χ0) is 31.7. The van der Waals surface area contributed by atoms with Crippen LogP contribution in [-0.4, -0.2) is 73.0 Å². The molecule has 10 nitrogen and oxygen atoms in total. The minimum atomic E-state index is -1.74. The number of fused-ring (bicyclic) bond motifs is 5. The van der Waals surface area contributed by atoms with Gasteiger partial charge >= 0.3 is 12.1 Å². The number of rotatable bonds is 4. The molecule has 2 amide bonds. The van der Waals surface area contributed by atoms with E-state index in [-0.39, 0.29) is 18.7 Å². The van der Waals surface area contributed by atoms with Crippen molar-refractivity contribution in [3.05, 3.63) is 59.7 Å². The van der Waals surface area contributed by atoms with Crippen LogP contribution in [0.1, 0.15) is 58.6 Å². The number of hydrogen-bond donors (Lipinski definition) is 2. The van der Waals surface area contributed by atoms with Gasteiger partial charge in [-0.25, -0.2) is 4.79 Å². The van der Waals surface area contributed by atoms with Crippen LogP contribution in [-0.2, 0) is 35.0 Å². The molecule has 3 aliphatic heterocycles. The molecule has 1 aromatic carbocycles. The number of carbonyl (C=O) groups is 3. The van der Waals surface area contributed by atoms with Gasteiger partial charge in [0.15, 0.2) is 5.72 Å². The monoisotopic (exact) mass is 596 g/mol. The number of benzene rings is 1. The van der Waals surface area contributed by atoms with Crippen LogP contribution in [0.3, 0.4) is 0 Å². The van der Waals surface area contributed by atoms with Gasteiger partial charge in [-0.15, -0.1) is 0 Å². The van der Waals surface area contributed by atoms with Gasteiger partial charge in [-0.2, -0.15) is 0 Å². The van der Waals surface area contributed by atoms with Crippen LogP contribution in [0.15, 0.2) is 48.6 Å². The zero-order valence-corrected chi connectivity index (χ0v) is 26.1. The average molecular weight is 597 g/mol. The second-order valence-electron chi connectivity index (χ2n) is 12.3. The van der Waals surface area contributed by atoms with Gasteiger partial charge in [0.05, 0.1) is 24.1 Å². The van der Waals surface area contributed by atoms with E-state index in [9.17, 15) is 19.5 Å². The SMILES string of the molecule is C=Cc1ccc2cc1N(C)C(=O)C[C@H](OC(=O)C(C)C)[C@]1(C)O[C@H]1[C@H](C)[C@@H]1C[C@@](O)(NC(=O)O1)[C@H](OC)/C=C/C=C(\C)C2. The number of ether oxygens (including phenoxy) is 4. The number of alkyl carbamates (subject to hydrolysis) is 1. The molecule has 3 aliphatic rings. The lowest BCUT2D eigenvalue weighted by Crippen LogP contribution is -2.63. The van der Waals surface area contributed by atoms with E-state index in [0.717, 1.165) is 16.7 Å². The third-order valence-corrected chi connectivity index (χ3v) is 8.70. The van der Waals surface area contributed by atoms with E-state index in [1.165, 1.54) is 7.11 Å². The number of amides is 2. The third-order valence-electron chi connectivity index (χ3n) is 8.70. The fraction of sp³-hybridized carbons (Fsp3) is 0.545. The van der Waals surface area contributed by atoms with Crippen molar-refractivity contribution in [1.29, 1.82) is 0 Å². The summed E-state index contributed by atoms with van der Waals surface area (Å²) in [6, 6.07) is 5.86. The van der Waals surface area contributed by atoms with Gasteiger partial charge < -0.3 is 29.0 Å². The second kappa shape index (κ2) is 12.6. The standard InChI is InChI=1S/C33H44N2O8/c1-9-23-14-13-22-15-20(4)11-10-12-26(40-8)33(39)18-25(41-31(38)34-33)21(5)29-32(6,43-29)27(42-30(37)19(2)3)17-28(36)35(7)24(23)16-22/h9-14,16,19,21,25-27,29,39H,1,15,17-18H2,2-8H3,(H,34,38)/b12-10+,20-11+/t21-,25+,26-,27+,29+,32+,33+/m1/s1. The molecule has 7 atom stereocenters. The summed E-state index contributed by atoms with van der Waals surface area (Å²) in [6.07, 6.45) is 3.79. The Labute approximate surface area is 253 Å². The highest BCUT2D eigenvalue weighted by molar-refractivity contribution is 5.95. The summed E-state index contributed by atoms with van der Waals surface area (Å²) in [6.45, 7) is 13.0. The molecule has 2 fully saturated rings. The molecule has 2 saturated heterocycles. The summed E-state index contributed by atoms with van der Waals surface area (Å²) in [5, 5.41) is 14.1. The first kappa shape index (κ1) is 32.4. The maximum absolute atomic E-state index is 13.8. The van der Waals surface area contributed by atoms with E-state index in [4.69, 9.17) is 18.9 Å². The molecule has 0 unspecified atom stereocenters. The molecular weight excluding hydrogens is 552 g/mol. The van der Waals surface area contributed by atoms with Crippen LogP contribution in [0.5, 0.6) is 0 Å². The van der Waals surface area contributed by atoms with Gasteiger partial charge in [0, 0.05) is 26.5 Å². The van der Waals surface area contributed by atoms with Gasteiger partial charge in [-0.1, -0.05) is 69.4 Å². The lowest BCUT2D eigenvalue weighted by molar-refractivity contribution is -0.157. The summed E-state index contributed by atoms with van der Waals surface area (Å²) in [7, 11) is 3.16. The maximum atomic E-state index is 13.8. The maximum Gasteiger partial charge on any atom is 0.409 e. The molecule has 0 saturated carbocycles. The predicted octanol–water partition coefficient (Wildman–Crippen LogP) is 4.30. The Hall–Kier alpha value is -3.47. The molecule has 0 aliphatic carbocycles. The smallest absolute Gasteiger partial charge is 0.409 e. The fourth-order valence-corrected chi connectivity index (χ4v) is 5.91. The first-order chi connectivity index (χ1) is 20.2. The van der Waals surface area contributed by atoms with E-state index >= 15 is 0 Å².